The van der Waals surface area contributed by atoms with E-state index in [1.54, 1.807) is 18.0 Å². The maximum atomic E-state index is 13.2. The van der Waals surface area contributed by atoms with Crippen molar-refractivity contribution < 1.29 is 9.53 Å². The zero-order chi connectivity index (χ0) is 20.2. The molecule has 29 heavy (non-hydrogen) atoms. The maximum Gasteiger partial charge on any atom is 0.276 e. The third kappa shape index (κ3) is 4.43. The van der Waals surface area contributed by atoms with Crippen LogP contribution in [-0.4, -0.2) is 39.5 Å². The fraction of sp³-hybridized carbons (Fsp3) is 0.318. The molecule has 1 aliphatic heterocycles. The van der Waals surface area contributed by atoms with Gasteiger partial charge < -0.3 is 9.64 Å². The molecule has 1 fully saturated rings. The minimum Gasteiger partial charge on any atom is -0.497 e. The lowest BCUT2D eigenvalue weighted by atomic mass is 9.94. The van der Waals surface area contributed by atoms with Gasteiger partial charge in [0, 0.05) is 11.6 Å². The van der Waals surface area contributed by atoms with E-state index in [9.17, 15) is 4.79 Å². The highest BCUT2D eigenvalue weighted by molar-refractivity contribution is 6.30. The Morgan fingerprint density at radius 3 is 2.90 bits per heavy atom. The molecule has 3 aromatic rings. The van der Waals surface area contributed by atoms with E-state index in [1.165, 1.54) is 0 Å². The van der Waals surface area contributed by atoms with Gasteiger partial charge in [-0.1, -0.05) is 41.1 Å². The Kier molecular flexibility index (Phi) is 5.81. The van der Waals surface area contributed by atoms with Crippen LogP contribution in [0.1, 0.15) is 46.9 Å². The lowest BCUT2D eigenvalue weighted by molar-refractivity contribution is 0.0605. The quantitative estimate of drug-likeness (QED) is 0.627. The number of carbonyl (C=O) groups excluding carboxylic acids is 1. The Balaban J connectivity index is 1.53. The van der Waals surface area contributed by atoms with E-state index in [1.807, 2.05) is 47.4 Å². The van der Waals surface area contributed by atoms with Gasteiger partial charge >= 0.3 is 0 Å². The largest absolute Gasteiger partial charge is 0.497 e. The molecule has 4 rings (SSSR count). The van der Waals surface area contributed by atoms with Crippen LogP contribution >= 0.6 is 11.6 Å². The zero-order valence-corrected chi connectivity index (χ0v) is 17.0. The summed E-state index contributed by atoms with van der Waals surface area (Å²) in [7, 11) is 1.65. The number of likely N-dealkylation sites (tertiary alicyclic amines) is 1. The highest BCUT2D eigenvalue weighted by Gasteiger charge is 2.30. The minimum absolute atomic E-state index is 0.0180. The molecule has 7 heteroatoms. The minimum atomic E-state index is -0.0881. The van der Waals surface area contributed by atoms with Gasteiger partial charge in [0.2, 0.25) is 0 Å². The summed E-state index contributed by atoms with van der Waals surface area (Å²) in [5.41, 5.74) is 2.46. The Labute approximate surface area is 175 Å². The van der Waals surface area contributed by atoms with Crippen molar-refractivity contribution in [3.8, 4) is 5.75 Å². The average molecular weight is 411 g/mol. The van der Waals surface area contributed by atoms with Crippen LogP contribution in [0.15, 0.2) is 54.7 Å². The van der Waals surface area contributed by atoms with Crippen LogP contribution in [0.25, 0.3) is 0 Å². The first kappa shape index (κ1) is 19.5. The van der Waals surface area contributed by atoms with E-state index in [0.29, 0.717) is 23.8 Å². The summed E-state index contributed by atoms with van der Waals surface area (Å²) in [6, 6.07) is 15.5. The Bertz CT molecular complexity index is 1000. The Morgan fingerprint density at radius 1 is 1.21 bits per heavy atom. The number of nitrogens with zero attached hydrogens (tertiary/aromatic N) is 4. The molecule has 1 unspecified atom stereocenters. The third-order valence-electron chi connectivity index (χ3n) is 5.23. The number of halogens is 1. The summed E-state index contributed by atoms with van der Waals surface area (Å²) >= 11 is 6.05. The molecule has 2 heterocycles. The van der Waals surface area contributed by atoms with Crippen LogP contribution in [-0.2, 0) is 6.54 Å². The summed E-state index contributed by atoms with van der Waals surface area (Å²) in [6.07, 6.45) is 4.71. The van der Waals surface area contributed by atoms with Crippen molar-refractivity contribution in [3.63, 3.8) is 0 Å². The van der Waals surface area contributed by atoms with Gasteiger partial charge in [0.05, 0.1) is 25.9 Å². The highest BCUT2D eigenvalue weighted by atomic mass is 35.5. The fourth-order valence-electron chi connectivity index (χ4n) is 3.81. The lowest BCUT2D eigenvalue weighted by Crippen LogP contribution is -2.38. The van der Waals surface area contributed by atoms with Gasteiger partial charge in [0.1, 0.15) is 5.75 Å². The summed E-state index contributed by atoms with van der Waals surface area (Å²) in [5, 5.41) is 8.95. The number of hydrogen-bond donors (Lipinski definition) is 0. The van der Waals surface area contributed by atoms with Gasteiger partial charge in [-0.05, 0) is 54.7 Å². The number of benzene rings is 2. The lowest BCUT2D eigenvalue weighted by Gasteiger charge is -2.35. The highest BCUT2D eigenvalue weighted by Crippen LogP contribution is 2.33. The first-order valence-electron chi connectivity index (χ1n) is 9.73. The van der Waals surface area contributed by atoms with Crippen LogP contribution in [0.5, 0.6) is 5.75 Å². The average Bonchev–Trinajstić information content (AvgIpc) is 3.21. The standard InChI is InChI=1S/C22H23ClN4O2/c1-29-19-9-5-7-17(13-19)21-10-2-3-11-27(21)22(28)20-15-26(25-24-20)14-16-6-4-8-18(23)12-16/h4-9,12-13,15,21H,2-3,10-11,14H2,1H3. The first-order chi connectivity index (χ1) is 14.1. The molecule has 0 bridgehead atoms. The van der Waals surface area contributed by atoms with Crippen LogP contribution < -0.4 is 4.74 Å². The summed E-state index contributed by atoms with van der Waals surface area (Å²) in [5.74, 6) is 0.711. The summed E-state index contributed by atoms with van der Waals surface area (Å²) in [4.78, 5) is 15.1. The van der Waals surface area contributed by atoms with E-state index in [0.717, 1.165) is 36.1 Å². The van der Waals surface area contributed by atoms with E-state index in [4.69, 9.17) is 16.3 Å². The van der Waals surface area contributed by atoms with Crippen molar-refractivity contribution in [2.45, 2.75) is 31.8 Å². The molecular weight excluding hydrogens is 388 g/mol. The molecule has 0 spiro atoms. The molecule has 6 nitrogen and oxygen atoms in total. The molecule has 2 aromatic carbocycles. The van der Waals surface area contributed by atoms with Crippen LogP contribution in [0.3, 0.4) is 0 Å². The van der Waals surface area contributed by atoms with E-state index in [-0.39, 0.29) is 11.9 Å². The number of methoxy groups -OCH3 is 1. The first-order valence-corrected chi connectivity index (χ1v) is 10.1. The van der Waals surface area contributed by atoms with Crippen molar-refractivity contribution in [1.82, 2.24) is 19.9 Å². The van der Waals surface area contributed by atoms with E-state index in [2.05, 4.69) is 16.4 Å². The number of carbonyl (C=O) groups is 1. The van der Waals surface area contributed by atoms with Crippen molar-refractivity contribution in [1.29, 1.82) is 0 Å². The van der Waals surface area contributed by atoms with Crippen LogP contribution in [0.4, 0.5) is 0 Å². The second kappa shape index (κ2) is 8.66. The van der Waals surface area contributed by atoms with E-state index < -0.39 is 0 Å². The Hall–Kier alpha value is -2.86. The van der Waals surface area contributed by atoms with Gasteiger partial charge in [-0.3, -0.25) is 4.79 Å². The normalized spacial score (nSPS) is 16.6. The molecule has 0 aliphatic carbocycles. The second-order valence-corrected chi connectivity index (χ2v) is 7.65. The molecule has 1 aromatic heterocycles. The monoisotopic (exact) mass is 410 g/mol. The zero-order valence-electron chi connectivity index (χ0n) is 16.3. The second-order valence-electron chi connectivity index (χ2n) is 7.22. The number of amides is 1. The van der Waals surface area contributed by atoms with Gasteiger partial charge in [-0.25, -0.2) is 4.68 Å². The topological polar surface area (TPSA) is 60.2 Å². The van der Waals surface area contributed by atoms with Gasteiger partial charge in [-0.2, -0.15) is 0 Å². The Morgan fingerprint density at radius 2 is 2.07 bits per heavy atom. The molecule has 0 N–H and O–H groups in total. The number of piperidine rings is 1. The summed E-state index contributed by atoms with van der Waals surface area (Å²) in [6.45, 7) is 1.22. The molecular formula is C22H23ClN4O2. The predicted molar refractivity (Wildman–Crippen MR) is 111 cm³/mol. The molecule has 1 amide bonds. The maximum absolute atomic E-state index is 13.2. The predicted octanol–water partition coefficient (Wildman–Crippen LogP) is 4.36. The van der Waals surface area contributed by atoms with Crippen molar-refractivity contribution in [3.05, 3.63) is 76.6 Å². The molecule has 0 saturated carbocycles. The van der Waals surface area contributed by atoms with Crippen LogP contribution in [0.2, 0.25) is 5.02 Å². The van der Waals surface area contributed by atoms with Crippen molar-refractivity contribution in [2.75, 3.05) is 13.7 Å². The summed E-state index contributed by atoms with van der Waals surface area (Å²) < 4.78 is 7.03. The van der Waals surface area contributed by atoms with E-state index >= 15 is 0 Å². The number of ether oxygens (including phenoxy) is 1. The molecule has 1 atom stereocenters. The van der Waals surface area contributed by atoms with Crippen molar-refractivity contribution >= 4 is 17.5 Å². The molecule has 0 radical (unpaired) electrons. The number of aromatic nitrogens is 3. The SMILES string of the molecule is COc1cccc(C2CCCCN2C(=O)c2cn(Cc3cccc(Cl)c3)nn2)c1. The molecule has 1 aliphatic rings. The molecule has 150 valence electrons. The smallest absolute Gasteiger partial charge is 0.276 e. The molecule has 1 saturated heterocycles. The fourth-order valence-corrected chi connectivity index (χ4v) is 4.03. The van der Waals surface area contributed by atoms with Crippen LogP contribution in [0, 0.1) is 0 Å². The van der Waals surface area contributed by atoms with Gasteiger partial charge in [-0.15, -0.1) is 5.10 Å². The van der Waals surface area contributed by atoms with Crippen molar-refractivity contribution in [2.24, 2.45) is 0 Å². The van der Waals surface area contributed by atoms with Gasteiger partial charge in [0.25, 0.3) is 5.91 Å². The number of rotatable bonds is 5. The van der Waals surface area contributed by atoms with Gasteiger partial charge in [0.15, 0.2) is 5.69 Å². The third-order valence-corrected chi connectivity index (χ3v) is 5.47. The number of hydrogen-bond acceptors (Lipinski definition) is 4.